The third-order valence-electron chi connectivity index (χ3n) is 3.76. The van der Waals surface area contributed by atoms with E-state index in [-0.39, 0.29) is 35.6 Å². The summed E-state index contributed by atoms with van der Waals surface area (Å²) in [6, 6.07) is 0. The molecule has 3 N–H and O–H groups in total. The number of carbonyl (C=O) groups excluding carboxylic acids is 1. The van der Waals surface area contributed by atoms with Crippen LogP contribution in [0.5, 0.6) is 0 Å². The molecule has 7 nitrogen and oxygen atoms in total. The summed E-state index contributed by atoms with van der Waals surface area (Å²) >= 11 is 0. The molecule has 0 radical (unpaired) electrons. The van der Waals surface area contributed by atoms with Crippen molar-refractivity contribution in [3.05, 3.63) is 22.5 Å². The lowest BCUT2D eigenvalue weighted by molar-refractivity contribution is 0.0690. The number of aromatic nitrogens is 1. The van der Waals surface area contributed by atoms with Crippen LogP contribution in [-0.2, 0) is 9.84 Å². The standard InChI is InChI=1S/C13H18N2O5S/c1-7-10(8(2)15-11(7)13(17)18)12(16)14-5-9-3-4-21(19,20)6-9/h9,15H,3-6H2,1-2H3,(H,14,16)(H,17,18). The van der Waals surface area contributed by atoms with E-state index in [2.05, 4.69) is 10.3 Å². The van der Waals surface area contributed by atoms with Crippen molar-refractivity contribution in [2.24, 2.45) is 5.92 Å². The first-order valence-corrected chi connectivity index (χ1v) is 8.44. The van der Waals surface area contributed by atoms with Crippen LogP contribution < -0.4 is 5.32 Å². The van der Waals surface area contributed by atoms with Crippen molar-refractivity contribution in [1.29, 1.82) is 0 Å². The number of rotatable bonds is 4. The fraction of sp³-hybridized carbons (Fsp3) is 0.538. The van der Waals surface area contributed by atoms with Gasteiger partial charge in [0.05, 0.1) is 17.1 Å². The first-order valence-electron chi connectivity index (χ1n) is 6.62. The number of hydrogen-bond acceptors (Lipinski definition) is 4. The van der Waals surface area contributed by atoms with E-state index in [4.69, 9.17) is 5.11 Å². The topological polar surface area (TPSA) is 116 Å². The molecule has 2 rings (SSSR count). The second-order valence-electron chi connectivity index (χ2n) is 5.41. The molecule has 0 bridgehead atoms. The normalized spacial score (nSPS) is 20.4. The zero-order valence-electron chi connectivity index (χ0n) is 11.9. The summed E-state index contributed by atoms with van der Waals surface area (Å²) in [5, 5.41) is 11.7. The molecular weight excluding hydrogens is 296 g/mol. The number of amides is 1. The van der Waals surface area contributed by atoms with Gasteiger partial charge in [0.2, 0.25) is 0 Å². The molecule has 1 aliphatic heterocycles. The molecule has 0 saturated carbocycles. The minimum atomic E-state index is -2.97. The number of H-pyrrole nitrogens is 1. The molecule has 0 aromatic carbocycles. The molecule has 1 unspecified atom stereocenters. The van der Waals surface area contributed by atoms with Gasteiger partial charge in [-0.15, -0.1) is 0 Å². The maximum Gasteiger partial charge on any atom is 0.352 e. The van der Waals surface area contributed by atoms with E-state index in [1.807, 2.05) is 0 Å². The van der Waals surface area contributed by atoms with Gasteiger partial charge in [0.1, 0.15) is 5.69 Å². The number of aromatic carboxylic acids is 1. The van der Waals surface area contributed by atoms with Crippen LogP contribution in [0, 0.1) is 19.8 Å². The van der Waals surface area contributed by atoms with Gasteiger partial charge in [-0.25, -0.2) is 13.2 Å². The third-order valence-corrected chi connectivity index (χ3v) is 5.59. The van der Waals surface area contributed by atoms with Crippen LogP contribution >= 0.6 is 0 Å². The van der Waals surface area contributed by atoms with Crippen molar-refractivity contribution in [2.75, 3.05) is 18.1 Å². The van der Waals surface area contributed by atoms with Crippen molar-refractivity contribution in [2.45, 2.75) is 20.3 Å². The van der Waals surface area contributed by atoms with Crippen LogP contribution in [0.4, 0.5) is 0 Å². The predicted molar refractivity (Wildman–Crippen MR) is 76.3 cm³/mol. The van der Waals surface area contributed by atoms with Gasteiger partial charge in [-0.2, -0.15) is 0 Å². The lowest BCUT2D eigenvalue weighted by Crippen LogP contribution is -2.30. The average molecular weight is 314 g/mol. The Hall–Kier alpha value is -1.83. The Balaban J connectivity index is 2.06. The zero-order valence-corrected chi connectivity index (χ0v) is 12.7. The van der Waals surface area contributed by atoms with E-state index in [1.54, 1.807) is 13.8 Å². The molecule has 0 aliphatic carbocycles. The molecule has 21 heavy (non-hydrogen) atoms. The summed E-state index contributed by atoms with van der Waals surface area (Å²) in [7, 11) is -2.97. The van der Waals surface area contributed by atoms with Crippen molar-refractivity contribution in [3.8, 4) is 0 Å². The molecule has 1 aromatic heterocycles. The Bertz CT molecular complexity index is 690. The molecule has 1 amide bonds. The summed E-state index contributed by atoms with van der Waals surface area (Å²) in [4.78, 5) is 25.9. The first kappa shape index (κ1) is 15.6. The monoisotopic (exact) mass is 314 g/mol. The highest BCUT2D eigenvalue weighted by atomic mass is 32.2. The Morgan fingerprint density at radius 1 is 1.38 bits per heavy atom. The van der Waals surface area contributed by atoms with Gasteiger partial charge >= 0.3 is 5.97 Å². The van der Waals surface area contributed by atoms with Crippen LogP contribution in [0.25, 0.3) is 0 Å². The zero-order chi connectivity index (χ0) is 15.8. The van der Waals surface area contributed by atoms with E-state index in [0.29, 0.717) is 23.2 Å². The Morgan fingerprint density at radius 2 is 2.05 bits per heavy atom. The van der Waals surface area contributed by atoms with Gasteiger partial charge in [-0.05, 0) is 31.7 Å². The largest absolute Gasteiger partial charge is 0.477 e. The molecule has 0 spiro atoms. The van der Waals surface area contributed by atoms with E-state index in [1.165, 1.54) is 0 Å². The highest BCUT2D eigenvalue weighted by Crippen LogP contribution is 2.20. The summed E-state index contributed by atoms with van der Waals surface area (Å²) in [6.45, 7) is 3.49. The summed E-state index contributed by atoms with van der Waals surface area (Å²) in [5.74, 6) is -1.30. The van der Waals surface area contributed by atoms with Crippen LogP contribution in [-0.4, -0.2) is 48.4 Å². The van der Waals surface area contributed by atoms with Crippen molar-refractivity contribution >= 4 is 21.7 Å². The first-order chi connectivity index (χ1) is 9.71. The molecule has 116 valence electrons. The summed E-state index contributed by atoms with van der Waals surface area (Å²) in [5.41, 5.74) is 1.19. The smallest absolute Gasteiger partial charge is 0.352 e. The number of aryl methyl sites for hydroxylation is 1. The minimum Gasteiger partial charge on any atom is -0.477 e. The number of carboxylic acid groups (broad SMARTS) is 1. The molecule has 1 fully saturated rings. The molecule has 1 atom stereocenters. The van der Waals surface area contributed by atoms with Gasteiger partial charge in [-0.1, -0.05) is 0 Å². The second kappa shape index (κ2) is 5.51. The van der Waals surface area contributed by atoms with Crippen LogP contribution in [0.15, 0.2) is 0 Å². The minimum absolute atomic E-state index is 0.00101. The average Bonchev–Trinajstić information content (AvgIpc) is 2.86. The lowest BCUT2D eigenvalue weighted by atomic mass is 10.1. The van der Waals surface area contributed by atoms with E-state index >= 15 is 0 Å². The summed E-state index contributed by atoms with van der Waals surface area (Å²) < 4.78 is 22.7. The number of carboxylic acids is 1. The Morgan fingerprint density at radius 3 is 2.52 bits per heavy atom. The SMILES string of the molecule is Cc1[nH]c(C(=O)O)c(C)c1C(=O)NCC1CCS(=O)(=O)C1. The number of aromatic amines is 1. The van der Waals surface area contributed by atoms with Crippen molar-refractivity contribution < 1.29 is 23.1 Å². The molecule has 8 heteroatoms. The Kier molecular flexibility index (Phi) is 4.08. The lowest BCUT2D eigenvalue weighted by Gasteiger charge is -2.10. The number of nitrogens with one attached hydrogen (secondary N) is 2. The van der Waals surface area contributed by atoms with Crippen LogP contribution in [0.1, 0.15) is 38.5 Å². The quantitative estimate of drug-likeness (QED) is 0.748. The van der Waals surface area contributed by atoms with Gasteiger partial charge in [0.15, 0.2) is 9.84 Å². The summed E-state index contributed by atoms with van der Waals surface area (Å²) in [6.07, 6.45) is 0.550. The number of carbonyl (C=O) groups is 2. The maximum atomic E-state index is 12.2. The van der Waals surface area contributed by atoms with Gasteiger partial charge in [0.25, 0.3) is 5.91 Å². The molecule has 1 saturated heterocycles. The van der Waals surface area contributed by atoms with E-state index in [9.17, 15) is 18.0 Å². The van der Waals surface area contributed by atoms with Crippen LogP contribution in [0.3, 0.4) is 0 Å². The molecule has 2 heterocycles. The maximum absolute atomic E-state index is 12.2. The van der Waals surface area contributed by atoms with Crippen molar-refractivity contribution in [3.63, 3.8) is 0 Å². The van der Waals surface area contributed by atoms with Crippen molar-refractivity contribution in [1.82, 2.24) is 10.3 Å². The second-order valence-corrected chi connectivity index (χ2v) is 7.64. The van der Waals surface area contributed by atoms with Gasteiger partial charge in [0, 0.05) is 12.2 Å². The van der Waals surface area contributed by atoms with Gasteiger partial charge < -0.3 is 15.4 Å². The van der Waals surface area contributed by atoms with Crippen LogP contribution in [0.2, 0.25) is 0 Å². The Labute approximate surface area is 122 Å². The fourth-order valence-corrected chi connectivity index (χ4v) is 4.52. The highest BCUT2D eigenvalue weighted by Gasteiger charge is 2.29. The molecule has 1 aliphatic rings. The highest BCUT2D eigenvalue weighted by molar-refractivity contribution is 7.91. The molecular formula is C13H18N2O5S. The van der Waals surface area contributed by atoms with E-state index in [0.717, 1.165) is 0 Å². The van der Waals surface area contributed by atoms with Gasteiger partial charge in [-0.3, -0.25) is 4.79 Å². The van der Waals surface area contributed by atoms with E-state index < -0.39 is 15.8 Å². The number of hydrogen-bond donors (Lipinski definition) is 3. The predicted octanol–water partition coefficient (Wildman–Crippen LogP) is 0.494. The molecule has 1 aromatic rings. The number of sulfone groups is 1. The third kappa shape index (κ3) is 3.26. The fourth-order valence-electron chi connectivity index (χ4n) is 2.66.